The number of benzene rings is 1. The van der Waals surface area contributed by atoms with Crippen LogP contribution in [0.4, 0.5) is 37.5 Å². The third-order valence-corrected chi connectivity index (χ3v) is 8.87. The van der Waals surface area contributed by atoms with Crippen LogP contribution in [0.25, 0.3) is 10.9 Å². The molecule has 1 aliphatic carbocycles. The maximum Gasteiger partial charge on any atom is 0.251 e. The molecular weight excluding hydrogens is 510 g/mol. The number of nitrogens with zero attached hydrogens (tertiary/aromatic N) is 4. The van der Waals surface area contributed by atoms with Gasteiger partial charge in [-0.2, -0.15) is 0 Å². The number of aliphatic hydroxyl groups is 1. The second-order valence-electron chi connectivity index (χ2n) is 12.8. The predicted octanol–water partition coefficient (Wildman–Crippen LogP) is 6.48. The lowest BCUT2D eigenvalue weighted by atomic mass is 9.93. The van der Waals surface area contributed by atoms with Crippen LogP contribution in [0.2, 0.25) is 0 Å². The van der Waals surface area contributed by atoms with Crippen LogP contribution in [0.15, 0.2) is 36.5 Å². The number of nitrogens with one attached hydrogen (secondary N) is 2. The van der Waals surface area contributed by atoms with Gasteiger partial charge < -0.3 is 25.5 Å². The van der Waals surface area contributed by atoms with Gasteiger partial charge >= 0.3 is 0 Å². The van der Waals surface area contributed by atoms with Crippen molar-refractivity contribution in [3.63, 3.8) is 0 Å². The number of anilines is 5. The Balaban J connectivity index is 1.36. The molecule has 7 nitrogen and oxygen atoms in total. The summed E-state index contributed by atoms with van der Waals surface area (Å²) in [4.78, 5) is 14.2. The molecule has 9 heteroatoms. The standard InChI is InChI=1S/C31H40F2N6O/c1-21-16-22(18-23(17-21)38-14-9-31(32,33)10-15-38)35-28-27-24(4-11-34-28)36-26(37-29(2,3)20-40)19-25(27)39-12-7-30(5-6-30)8-13-39/h4,11,16-19,40H,5-10,12-15,20H2,1-3H3,(H,34,35)(H,36,37). The molecule has 1 saturated carbocycles. The minimum Gasteiger partial charge on any atom is -0.394 e. The summed E-state index contributed by atoms with van der Waals surface area (Å²) in [6.45, 7) is 8.58. The number of hydrogen-bond acceptors (Lipinski definition) is 7. The third-order valence-electron chi connectivity index (χ3n) is 8.87. The molecule has 0 unspecified atom stereocenters. The van der Waals surface area contributed by atoms with E-state index in [1.807, 2.05) is 37.8 Å². The van der Waals surface area contributed by atoms with Gasteiger partial charge in [-0.05, 0) is 81.7 Å². The topological polar surface area (TPSA) is 76.5 Å². The van der Waals surface area contributed by atoms with E-state index < -0.39 is 11.5 Å². The first-order chi connectivity index (χ1) is 19.0. The van der Waals surface area contributed by atoms with Crippen LogP contribution in [-0.4, -0.2) is 59.3 Å². The lowest BCUT2D eigenvalue weighted by Gasteiger charge is -2.35. The molecule has 2 aromatic heterocycles. The molecule has 2 aliphatic heterocycles. The molecule has 0 bridgehead atoms. The summed E-state index contributed by atoms with van der Waals surface area (Å²) in [7, 11) is 0. The van der Waals surface area contributed by atoms with E-state index >= 15 is 0 Å². The normalized spacial score (nSPS) is 20.1. The molecule has 6 rings (SSSR count). The molecule has 214 valence electrons. The van der Waals surface area contributed by atoms with Crippen molar-refractivity contribution >= 4 is 39.6 Å². The van der Waals surface area contributed by atoms with Gasteiger partial charge in [0.15, 0.2) is 0 Å². The van der Waals surface area contributed by atoms with E-state index in [2.05, 4.69) is 33.7 Å². The number of halogens is 2. The van der Waals surface area contributed by atoms with Gasteiger partial charge in [0.25, 0.3) is 5.92 Å². The number of hydrogen-bond donors (Lipinski definition) is 3. The first-order valence-corrected chi connectivity index (χ1v) is 14.5. The second-order valence-corrected chi connectivity index (χ2v) is 12.8. The molecule has 0 amide bonds. The Morgan fingerprint density at radius 1 is 0.950 bits per heavy atom. The second kappa shape index (κ2) is 10.0. The fraction of sp³-hybridized carbons (Fsp3) is 0.548. The van der Waals surface area contributed by atoms with Crippen LogP contribution in [0.5, 0.6) is 0 Å². The van der Waals surface area contributed by atoms with Crippen LogP contribution in [0, 0.1) is 12.3 Å². The van der Waals surface area contributed by atoms with Crippen molar-refractivity contribution in [1.29, 1.82) is 0 Å². The van der Waals surface area contributed by atoms with Gasteiger partial charge in [-0.3, -0.25) is 0 Å². The number of pyridine rings is 2. The van der Waals surface area contributed by atoms with E-state index in [1.165, 1.54) is 25.7 Å². The van der Waals surface area contributed by atoms with E-state index in [0.717, 1.165) is 58.3 Å². The number of piperidine rings is 2. The third kappa shape index (κ3) is 5.66. The molecule has 2 saturated heterocycles. The zero-order valence-electron chi connectivity index (χ0n) is 23.7. The highest BCUT2D eigenvalue weighted by molar-refractivity contribution is 6.02. The summed E-state index contributed by atoms with van der Waals surface area (Å²) in [5, 5.41) is 17.8. The Morgan fingerprint density at radius 3 is 2.33 bits per heavy atom. The van der Waals surface area contributed by atoms with Crippen LogP contribution in [-0.2, 0) is 0 Å². The summed E-state index contributed by atoms with van der Waals surface area (Å²) in [5.74, 6) is -1.13. The van der Waals surface area contributed by atoms with Crippen molar-refractivity contribution in [2.45, 2.75) is 70.8 Å². The number of aromatic nitrogens is 2. The Bertz CT molecular complexity index is 1390. The molecule has 3 N–H and O–H groups in total. The summed E-state index contributed by atoms with van der Waals surface area (Å²) in [6.07, 6.45) is 6.60. The van der Waals surface area contributed by atoms with Gasteiger partial charge in [-0.15, -0.1) is 0 Å². The smallest absolute Gasteiger partial charge is 0.251 e. The maximum atomic E-state index is 13.8. The molecule has 3 aromatic rings. The van der Waals surface area contributed by atoms with Crippen molar-refractivity contribution in [3.05, 3.63) is 42.1 Å². The van der Waals surface area contributed by atoms with E-state index in [0.29, 0.717) is 18.5 Å². The van der Waals surface area contributed by atoms with Crippen LogP contribution in [0.1, 0.15) is 57.9 Å². The molecule has 0 atom stereocenters. The number of fused-ring (bicyclic) bond motifs is 1. The van der Waals surface area contributed by atoms with Crippen molar-refractivity contribution in [3.8, 4) is 0 Å². The molecule has 4 heterocycles. The highest BCUT2D eigenvalue weighted by Gasteiger charge is 2.44. The van der Waals surface area contributed by atoms with Gasteiger partial charge in [0.05, 0.1) is 28.7 Å². The van der Waals surface area contributed by atoms with E-state index in [-0.39, 0.29) is 19.4 Å². The summed E-state index contributed by atoms with van der Waals surface area (Å²) < 4.78 is 27.6. The lowest BCUT2D eigenvalue weighted by Crippen LogP contribution is -2.39. The van der Waals surface area contributed by atoms with Gasteiger partial charge in [-0.1, -0.05) is 0 Å². The fourth-order valence-electron chi connectivity index (χ4n) is 6.10. The molecule has 0 radical (unpaired) electrons. The molecular formula is C31H40F2N6O. The van der Waals surface area contributed by atoms with Gasteiger partial charge in [0, 0.05) is 62.7 Å². The maximum absolute atomic E-state index is 13.8. The Morgan fingerprint density at radius 2 is 1.65 bits per heavy atom. The number of rotatable bonds is 7. The minimum absolute atomic E-state index is 0.0121. The monoisotopic (exact) mass is 550 g/mol. The number of aryl methyl sites for hydroxylation is 1. The van der Waals surface area contributed by atoms with E-state index in [1.54, 1.807) is 6.20 Å². The SMILES string of the molecule is Cc1cc(Nc2nccc3nc(NC(C)(C)CO)cc(N4CCC5(CC4)CC5)c23)cc(N2CCC(F)(F)CC2)c1. The first-order valence-electron chi connectivity index (χ1n) is 14.5. The van der Waals surface area contributed by atoms with Crippen LogP contribution < -0.4 is 20.4 Å². The summed E-state index contributed by atoms with van der Waals surface area (Å²) in [6, 6.07) is 10.2. The van der Waals surface area contributed by atoms with Crippen molar-refractivity contribution in [2.75, 3.05) is 53.2 Å². The molecule has 3 fully saturated rings. The first kappa shape index (κ1) is 27.0. The number of alkyl halides is 2. The zero-order valence-corrected chi connectivity index (χ0v) is 23.7. The van der Waals surface area contributed by atoms with Gasteiger partial charge in [0.1, 0.15) is 11.6 Å². The van der Waals surface area contributed by atoms with E-state index in [4.69, 9.17) is 9.97 Å². The highest BCUT2D eigenvalue weighted by atomic mass is 19.3. The minimum atomic E-state index is -2.58. The Labute approximate surface area is 235 Å². The molecule has 1 aromatic carbocycles. The molecule has 1 spiro atoms. The van der Waals surface area contributed by atoms with E-state index in [9.17, 15) is 13.9 Å². The van der Waals surface area contributed by atoms with Crippen molar-refractivity contribution < 1.29 is 13.9 Å². The number of aliphatic hydroxyl groups excluding tert-OH is 1. The van der Waals surface area contributed by atoms with Gasteiger partial charge in [0.2, 0.25) is 0 Å². The average Bonchev–Trinajstić information content (AvgIpc) is 3.66. The van der Waals surface area contributed by atoms with Gasteiger partial charge in [-0.25, -0.2) is 18.7 Å². The lowest BCUT2D eigenvalue weighted by molar-refractivity contribution is -0.0220. The average molecular weight is 551 g/mol. The molecule has 40 heavy (non-hydrogen) atoms. The fourth-order valence-corrected chi connectivity index (χ4v) is 6.10. The zero-order chi connectivity index (χ0) is 28.1. The molecule has 3 aliphatic rings. The van der Waals surface area contributed by atoms with Crippen LogP contribution >= 0.6 is 0 Å². The highest BCUT2D eigenvalue weighted by Crippen LogP contribution is 2.54. The Hall–Kier alpha value is -3.20. The quantitative estimate of drug-likeness (QED) is 0.311. The predicted molar refractivity (Wildman–Crippen MR) is 158 cm³/mol. The summed E-state index contributed by atoms with van der Waals surface area (Å²) >= 11 is 0. The largest absolute Gasteiger partial charge is 0.394 e. The Kier molecular flexibility index (Phi) is 6.76. The van der Waals surface area contributed by atoms with Crippen molar-refractivity contribution in [2.24, 2.45) is 5.41 Å². The van der Waals surface area contributed by atoms with Crippen LogP contribution in [0.3, 0.4) is 0 Å². The van der Waals surface area contributed by atoms with Crippen molar-refractivity contribution in [1.82, 2.24) is 9.97 Å². The summed E-state index contributed by atoms with van der Waals surface area (Å²) in [5.41, 5.74) is 4.82.